The Kier molecular flexibility index (Phi) is 6.77. The van der Waals surface area contributed by atoms with Crippen LogP contribution in [0.2, 0.25) is 0 Å². The molecule has 4 rings (SSSR count). The van der Waals surface area contributed by atoms with Crippen molar-refractivity contribution in [2.75, 3.05) is 6.61 Å². The van der Waals surface area contributed by atoms with E-state index in [4.69, 9.17) is 13.9 Å². The highest BCUT2D eigenvalue weighted by molar-refractivity contribution is 6.04. The number of hydrogen-bond acceptors (Lipinski definition) is 6. The minimum Gasteiger partial charge on any atom is -0.486 e. The molecule has 1 aliphatic heterocycles. The summed E-state index contributed by atoms with van der Waals surface area (Å²) < 4.78 is 55.8. The van der Waals surface area contributed by atoms with Crippen LogP contribution < -0.4 is 10.1 Å². The van der Waals surface area contributed by atoms with E-state index in [1.165, 1.54) is 12.1 Å². The fourth-order valence-electron chi connectivity index (χ4n) is 4.74. The molecule has 9 heteroatoms. The zero-order valence-electron chi connectivity index (χ0n) is 20.5. The van der Waals surface area contributed by atoms with E-state index in [1.54, 1.807) is 26.0 Å². The van der Waals surface area contributed by atoms with Gasteiger partial charge >= 0.3 is 12.1 Å². The monoisotopic (exact) mass is 503 g/mol. The van der Waals surface area contributed by atoms with Gasteiger partial charge in [0, 0.05) is 23.4 Å². The molecule has 2 aromatic rings. The molecule has 0 saturated heterocycles. The van der Waals surface area contributed by atoms with E-state index < -0.39 is 23.6 Å². The number of nitrogens with one attached hydrogen (secondary N) is 1. The Morgan fingerprint density at radius 2 is 1.94 bits per heavy atom. The Balaban J connectivity index is 1.65. The summed E-state index contributed by atoms with van der Waals surface area (Å²) in [6.07, 6.45) is -3.53. The molecule has 0 radical (unpaired) electrons. The van der Waals surface area contributed by atoms with Crippen LogP contribution in [0.15, 0.2) is 63.4 Å². The SMILES string of the molecule is CCOC(=O)C1=C(C)NC2=C(C(=O)CC(C)(C)C2)[C@@H]1c1ccc(COc2cccc(C(F)(F)F)c2)o1. The van der Waals surface area contributed by atoms with Gasteiger partial charge in [0.15, 0.2) is 5.78 Å². The number of carbonyl (C=O) groups excluding carboxylic acids is 2. The summed E-state index contributed by atoms with van der Waals surface area (Å²) in [5.74, 6) is -0.635. The van der Waals surface area contributed by atoms with Gasteiger partial charge in [-0.1, -0.05) is 19.9 Å². The molecule has 1 atom stereocenters. The second kappa shape index (κ2) is 9.52. The fourth-order valence-corrected chi connectivity index (χ4v) is 4.74. The van der Waals surface area contributed by atoms with Crippen LogP contribution in [0.5, 0.6) is 5.75 Å². The van der Waals surface area contributed by atoms with Crippen LogP contribution in [0.1, 0.15) is 63.5 Å². The molecule has 192 valence electrons. The largest absolute Gasteiger partial charge is 0.486 e. The summed E-state index contributed by atoms with van der Waals surface area (Å²) in [6, 6.07) is 7.86. The fraction of sp³-hybridized carbons (Fsp3) is 0.407. The number of dihydropyridines is 1. The average molecular weight is 504 g/mol. The van der Waals surface area contributed by atoms with Crippen LogP contribution in [0.25, 0.3) is 0 Å². The average Bonchev–Trinajstić information content (AvgIpc) is 3.24. The number of rotatable bonds is 6. The van der Waals surface area contributed by atoms with Crippen LogP contribution in [0, 0.1) is 5.41 Å². The minimum atomic E-state index is -4.48. The van der Waals surface area contributed by atoms with Crippen LogP contribution in [0.4, 0.5) is 13.2 Å². The lowest BCUT2D eigenvalue weighted by atomic mass is 9.69. The normalized spacial score (nSPS) is 19.6. The molecule has 6 nitrogen and oxygen atoms in total. The maximum absolute atomic E-state index is 13.3. The maximum Gasteiger partial charge on any atom is 0.416 e. The Bertz CT molecular complexity index is 1250. The number of hydrogen-bond donors (Lipinski definition) is 1. The molecule has 1 aromatic heterocycles. The molecule has 0 saturated carbocycles. The number of alkyl halides is 3. The summed E-state index contributed by atoms with van der Waals surface area (Å²) in [7, 11) is 0. The van der Waals surface area contributed by atoms with Crippen molar-refractivity contribution >= 4 is 11.8 Å². The van der Waals surface area contributed by atoms with Gasteiger partial charge < -0.3 is 19.2 Å². The molecule has 0 unspecified atom stereocenters. The van der Waals surface area contributed by atoms with E-state index >= 15 is 0 Å². The number of halogens is 3. The van der Waals surface area contributed by atoms with Crippen LogP contribution in [-0.2, 0) is 27.1 Å². The first kappa shape index (κ1) is 25.6. The van der Waals surface area contributed by atoms with E-state index in [2.05, 4.69) is 5.32 Å². The standard InChI is InChI=1S/C27H28F3NO5/c1-5-34-25(33)22-15(2)31-19-12-26(3,4)13-20(32)23(19)24(22)21-10-9-18(36-21)14-35-17-8-6-7-16(11-17)27(28,29)30/h6-11,24,31H,5,12-14H2,1-4H3/t24-/m1/s1. The van der Waals surface area contributed by atoms with Crippen molar-refractivity contribution in [1.82, 2.24) is 5.32 Å². The third-order valence-corrected chi connectivity index (χ3v) is 6.24. The quantitative estimate of drug-likeness (QED) is 0.484. The molecule has 0 bridgehead atoms. The number of carbonyl (C=O) groups is 2. The van der Waals surface area contributed by atoms with Crippen molar-refractivity contribution in [2.24, 2.45) is 5.41 Å². The Morgan fingerprint density at radius 1 is 1.19 bits per heavy atom. The van der Waals surface area contributed by atoms with Gasteiger partial charge in [-0.25, -0.2) is 4.79 Å². The highest BCUT2D eigenvalue weighted by atomic mass is 19.4. The Morgan fingerprint density at radius 3 is 2.64 bits per heavy atom. The topological polar surface area (TPSA) is 77.8 Å². The van der Waals surface area contributed by atoms with E-state index in [0.29, 0.717) is 41.2 Å². The number of allylic oxidation sites excluding steroid dienone is 3. The molecule has 1 N–H and O–H groups in total. The van der Waals surface area contributed by atoms with Crippen LogP contribution in [-0.4, -0.2) is 18.4 Å². The van der Waals surface area contributed by atoms with E-state index in [-0.39, 0.29) is 30.2 Å². The first-order valence-electron chi connectivity index (χ1n) is 11.7. The summed E-state index contributed by atoms with van der Waals surface area (Å²) in [4.78, 5) is 26.2. The third-order valence-electron chi connectivity index (χ3n) is 6.24. The summed E-state index contributed by atoms with van der Waals surface area (Å²) >= 11 is 0. The van der Waals surface area contributed by atoms with E-state index in [1.807, 2.05) is 13.8 Å². The highest BCUT2D eigenvalue weighted by Crippen LogP contribution is 2.47. The van der Waals surface area contributed by atoms with Gasteiger partial charge in [0.25, 0.3) is 0 Å². The van der Waals surface area contributed by atoms with Crippen LogP contribution in [0.3, 0.4) is 0 Å². The number of esters is 1. The Hall–Kier alpha value is -3.49. The maximum atomic E-state index is 13.3. The lowest BCUT2D eigenvalue weighted by molar-refractivity contribution is -0.139. The van der Waals surface area contributed by atoms with Crippen molar-refractivity contribution in [3.05, 3.63) is 76.0 Å². The second-order valence-corrected chi connectivity index (χ2v) is 9.77. The zero-order chi connectivity index (χ0) is 26.3. The zero-order valence-corrected chi connectivity index (χ0v) is 20.5. The first-order valence-corrected chi connectivity index (χ1v) is 11.7. The number of ether oxygens (including phenoxy) is 2. The van der Waals surface area contributed by atoms with Gasteiger partial charge in [-0.2, -0.15) is 13.2 Å². The molecule has 0 spiro atoms. The summed E-state index contributed by atoms with van der Waals surface area (Å²) in [5, 5.41) is 3.24. The minimum absolute atomic E-state index is 0.0438. The number of furan rings is 1. The molecular weight excluding hydrogens is 475 g/mol. The van der Waals surface area contributed by atoms with Gasteiger partial charge in [-0.3, -0.25) is 4.79 Å². The molecule has 0 fully saturated rings. The molecule has 36 heavy (non-hydrogen) atoms. The van der Waals surface area contributed by atoms with Crippen molar-refractivity contribution < 1.29 is 36.7 Å². The molecule has 2 aliphatic rings. The van der Waals surface area contributed by atoms with Crippen molar-refractivity contribution in [2.45, 2.75) is 59.2 Å². The number of benzene rings is 1. The Labute approximate surface area is 207 Å². The van der Waals surface area contributed by atoms with Crippen LogP contribution >= 0.6 is 0 Å². The summed E-state index contributed by atoms with van der Waals surface area (Å²) in [6.45, 7) is 7.53. The second-order valence-electron chi connectivity index (χ2n) is 9.77. The lowest BCUT2D eigenvalue weighted by Crippen LogP contribution is -2.38. The van der Waals surface area contributed by atoms with Gasteiger partial charge in [-0.15, -0.1) is 0 Å². The molecule has 1 aromatic carbocycles. The molecular formula is C27H28F3NO5. The van der Waals surface area contributed by atoms with Gasteiger partial charge in [0.1, 0.15) is 23.9 Å². The predicted molar refractivity (Wildman–Crippen MR) is 125 cm³/mol. The van der Waals surface area contributed by atoms with E-state index in [9.17, 15) is 22.8 Å². The summed E-state index contributed by atoms with van der Waals surface area (Å²) in [5.41, 5.74) is 1.06. The highest BCUT2D eigenvalue weighted by Gasteiger charge is 2.44. The van der Waals surface area contributed by atoms with Gasteiger partial charge in [0.2, 0.25) is 0 Å². The lowest BCUT2D eigenvalue weighted by Gasteiger charge is -2.38. The van der Waals surface area contributed by atoms with Gasteiger partial charge in [0.05, 0.1) is 23.7 Å². The van der Waals surface area contributed by atoms with Crippen molar-refractivity contribution in [3.63, 3.8) is 0 Å². The third kappa shape index (κ3) is 5.20. The number of Topliss-reactive ketones (excluding diaryl/α,β-unsaturated/α-hetero) is 1. The van der Waals surface area contributed by atoms with E-state index in [0.717, 1.165) is 17.8 Å². The molecule has 0 amide bonds. The van der Waals surface area contributed by atoms with Crippen molar-refractivity contribution in [1.29, 1.82) is 0 Å². The molecule has 1 aliphatic carbocycles. The number of ketones is 1. The van der Waals surface area contributed by atoms with Gasteiger partial charge in [-0.05, 0) is 56.0 Å². The molecule has 2 heterocycles. The van der Waals surface area contributed by atoms with Crippen molar-refractivity contribution in [3.8, 4) is 5.75 Å². The predicted octanol–water partition coefficient (Wildman–Crippen LogP) is 6.04. The first-order chi connectivity index (χ1) is 16.9. The smallest absolute Gasteiger partial charge is 0.416 e.